The lowest BCUT2D eigenvalue weighted by Crippen LogP contribution is -2.41. The molecule has 9 nitrogen and oxygen atoms in total. The van der Waals surface area contributed by atoms with E-state index in [0.29, 0.717) is 53.4 Å². The summed E-state index contributed by atoms with van der Waals surface area (Å²) in [4.78, 5) is 17.6. The Labute approximate surface area is 223 Å². The van der Waals surface area contributed by atoms with Crippen LogP contribution < -0.4 is 19.8 Å². The van der Waals surface area contributed by atoms with Crippen LogP contribution in [0.5, 0.6) is 0 Å². The normalized spacial score (nSPS) is 20.9. The summed E-state index contributed by atoms with van der Waals surface area (Å²) >= 11 is 0. The van der Waals surface area contributed by atoms with E-state index in [4.69, 9.17) is 9.84 Å². The van der Waals surface area contributed by atoms with Gasteiger partial charge in [0.25, 0.3) is 5.91 Å². The molecule has 3 fully saturated rings. The summed E-state index contributed by atoms with van der Waals surface area (Å²) in [5, 5.41) is 12.0. The van der Waals surface area contributed by atoms with Gasteiger partial charge in [-0.15, -0.1) is 0 Å². The van der Waals surface area contributed by atoms with Crippen molar-refractivity contribution in [2.45, 2.75) is 38.7 Å². The number of aliphatic hydroxyl groups excluding tert-OH is 1. The van der Waals surface area contributed by atoms with Crippen molar-refractivity contribution in [2.75, 3.05) is 65.0 Å². The summed E-state index contributed by atoms with van der Waals surface area (Å²) in [7, 11) is -3.71. The molecule has 11 heteroatoms. The molecule has 2 saturated heterocycles. The van der Waals surface area contributed by atoms with Crippen LogP contribution in [-0.4, -0.2) is 70.7 Å². The van der Waals surface area contributed by atoms with Gasteiger partial charge in [0.15, 0.2) is 0 Å². The fraction of sp³-hybridized carbons (Fsp3) is 0.519. The van der Waals surface area contributed by atoms with Crippen LogP contribution in [0.3, 0.4) is 0 Å². The molecule has 206 valence electrons. The molecule has 1 saturated carbocycles. The number of carbonyl (C=O) groups excluding carboxylic acids is 1. The minimum absolute atomic E-state index is 0.0170. The van der Waals surface area contributed by atoms with Crippen molar-refractivity contribution in [1.82, 2.24) is 0 Å². The Morgan fingerprint density at radius 1 is 1.05 bits per heavy atom. The molecule has 3 N–H and O–H groups in total. The number of nitrogens with zero attached hydrogens (tertiary/aromatic N) is 2. The van der Waals surface area contributed by atoms with Gasteiger partial charge in [0.05, 0.1) is 47.7 Å². The Morgan fingerprint density at radius 3 is 2.45 bits per heavy atom. The number of benzene rings is 2. The monoisotopic (exact) mass is 546 g/mol. The summed E-state index contributed by atoms with van der Waals surface area (Å²) in [6.45, 7) is 4.64. The number of carbonyl (C=O) groups is 1. The summed E-state index contributed by atoms with van der Waals surface area (Å²) < 4.78 is 47.2. The minimum Gasteiger partial charge on any atom is -0.395 e. The highest BCUT2D eigenvalue weighted by Gasteiger charge is 2.44. The number of halogens is 1. The van der Waals surface area contributed by atoms with E-state index in [1.54, 1.807) is 24.3 Å². The highest BCUT2D eigenvalue weighted by atomic mass is 32.2. The third-order valence-electron chi connectivity index (χ3n) is 7.78. The number of morpholine rings is 1. The Hall–Kier alpha value is -2.89. The molecule has 1 aliphatic carbocycles. The first-order chi connectivity index (χ1) is 18.2. The highest BCUT2D eigenvalue weighted by Crippen LogP contribution is 2.54. The molecule has 1 amide bonds. The third-order valence-corrected chi connectivity index (χ3v) is 9.05. The van der Waals surface area contributed by atoms with E-state index in [1.807, 2.05) is 11.8 Å². The number of anilines is 4. The number of aliphatic hydroxyl groups is 1. The molecule has 5 rings (SSSR count). The lowest BCUT2D eigenvalue weighted by atomic mass is 9.93. The predicted octanol–water partition coefficient (Wildman–Crippen LogP) is 3.42. The summed E-state index contributed by atoms with van der Waals surface area (Å²) in [6, 6.07) is 9.36. The van der Waals surface area contributed by atoms with Gasteiger partial charge in [-0.1, -0.05) is 0 Å². The molecule has 2 aliphatic heterocycles. The van der Waals surface area contributed by atoms with Crippen LogP contribution in [0.25, 0.3) is 0 Å². The second-order valence-corrected chi connectivity index (χ2v) is 12.5. The van der Waals surface area contributed by atoms with Gasteiger partial charge >= 0.3 is 0 Å². The quantitative estimate of drug-likeness (QED) is 0.465. The SMILES string of the molecule is C[C@@H]1CN(c2cc(NC(=O)c3ccc(NS(=O)(=O)CCO)cc3N3CCC4(CC3)CC4)ccc2F)CCO1. The van der Waals surface area contributed by atoms with Crippen molar-refractivity contribution < 1.29 is 27.4 Å². The van der Waals surface area contributed by atoms with Crippen LogP contribution >= 0.6 is 0 Å². The van der Waals surface area contributed by atoms with Crippen LogP contribution in [0.1, 0.15) is 43.0 Å². The average Bonchev–Trinajstić information content (AvgIpc) is 3.64. The first kappa shape index (κ1) is 26.7. The van der Waals surface area contributed by atoms with Crippen LogP contribution in [-0.2, 0) is 14.8 Å². The molecule has 2 aromatic rings. The first-order valence-electron chi connectivity index (χ1n) is 13.1. The molecule has 1 spiro atoms. The van der Waals surface area contributed by atoms with Crippen molar-refractivity contribution in [3.05, 3.63) is 47.8 Å². The summed E-state index contributed by atoms with van der Waals surface area (Å²) in [5.41, 5.74) is 2.71. The van der Waals surface area contributed by atoms with Crippen LogP contribution in [0, 0.1) is 11.2 Å². The van der Waals surface area contributed by atoms with E-state index >= 15 is 0 Å². The maximum Gasteiger partial charge on any atom is 0.257 e. The zero-order chi connectivity index (χ0) is 26.9. The lowest BCUT2D eigenvalue weighted by molar-refractivity contribution is 0.0530. The molecule has 2 aromatic carbocycles. The Kier molecular flexibility index (Phi) is 7.52. The number of rotatable bonds is 8. The van der Waals surface area contributed by atoms with Gasteiger partial charge in [-0.2, -0.15) is 0 Å². The molecule has 38 heavy (non-hydrogen) atoms. The van der Waals surface area contributed by atoms with Gasteiger partial charge in [0.1, 0.15) is 5.82 Å². The molecule has 3 aliphatic rings. The predicted molar refractivity (Wildman–Crippen MR) is 146 cm³/mol. The molecule has 0 bridgehead atoms. The highest BCUT2D eigenvalue weighted by molar-refractivity contribution is 7.92. The van der Waals surface area contributed by atoms with Crippen molar-refractivity contribution in [3.63, 3.8) is 0 Å². The van der Waals surface area contributed by atoms with Gasteiger partial charge in [-0.25, -0.2) is 12.8 Å². The maximum atomic E-state index is 14.7. The van der Waals surface area contributed by atoms with Gasteiger partial charge in [-0.3, -0.25) is 9.52 Å². The number of ether oxygens (including phenoxy) is 1. The average molecular weight is 547 g/mol. The van der Waals surface area contributed by atoms with Gasteiger partial charge < -0.3 is 25.0 Å². The van der Waals surface area contributed by atoms with E-state index in [-0.39, 0.29) is 17.8 Å². The fourth-order valence-electron chi connectivity index (χ4n) is 5.37. The number of hydrogen-bond acceptors (Lipinski definition) is 7. The number of nitrogens with one attached hydrogen (secondary N) is 2. The van der Waals surface area contributed by atoms with Crippen molar-refractivity contribution >= 4 is 38.7 Å². The van der Waals surface area contributed by atoms with Gasteiger partial charge in [0.2, 0.25) is 10.0 Å². The fourth-order valence-corrected chi connectivity index (χ4v) is 6.20. The third kappa shape index (κ3) is 6.05. The van der Waals surface area contributed by atoms with Crippen LogP contribution in [0.4, 0.5) is 27.1 Å². The van der Waals surface area contributed by atoms with E-state index in [0.717, 1.165) is 25.9 Å². The lowest BCUT2D eigenvalue weighted by Gasteiger charge is -2.35. The Morgan fingerprint density at radius 2 is 1.76 bits per heavy atom. The molecule has 0 radical (unpaired) electrons. The number of piperidine rings is 1. The van der Waals surface area contributed by atoms with E-state index < -0.39 is 22.4 Å². The van der Waals surface area contributed by atoms with Gasteiger partial charge in [0, 0.05) is 31.9 Å². The molecule has 0 aromatic heterocycles. The largest absolute Gasteiger partial charge is 0.395 e. The number of amides is 1. The van der Waals surface area contributed by atoms with Crippen molar-refractivity contribution in [3.8, 4) is 0 Å². The Bertz CT molecular complexity index is 1290. The van der Waals surface area contributed by atoms with Crippen LogP contribution in [0.15, 0.2) is 36.4 Å². The smallest absolute Gasteiger partial charge is 0.257 e. The van der Waals surface area contributed by atoms with Gasteiger partial charge in [-0.05, 0) is 74.4 Å². The zero-order valence-electron chi connectivity index (χ0n) is 21.6. The van der Waals surface area contributed by atoms with E-state index in [1.165, 1.54) is 25.0 Å². The number of sulfonamides is 1. The minimum atomic E-state index is -3.71. The molecule has 0 unspecified atom stereocenters. The molecule has 1 atom stereocenters. The Balaban J connectivity index is 1.40. The van der Waals surface area contributed by atoms with Crippen molar-refractivity contribution in [2.24, 2.45) is 5.41 Å². The standard InChI is InChI=1S/C27H35FN4O5S/c1-19-18-32(12-14-37-19)25-16-20(3-5-23(25)28)29-26(34)22-4-2-21(30-38(35,36)15-13-33)17-24(22)31-10-8-27(6-7-27)9-11-31/h2-5,16-17,19,30,33H,6-15,18H2,1H3,(H,29,34)/t19-/m1/s1. The second kappa shape index (κ2) is 10.7. The first-order valence-corrected chi connectivity index (χ1v) is 14.8. The topological polar surface area (TPSA) is 111 Å². The summed E-state index contributed by atoms with van der Waals surface area (Å²) in [5.74, 6) is -1.13. The van der Waals surface area contributed by atoms with Crippen LogP contribution in [0.2, 0.25) is 0 Å². The van der Waals surface area contributed by atoms with E-state index in [9.17, 15) is 17.6 Å². The molecular weight excluding hydrogens is 511 g/mol. The zero-order valence-corrected chi connectivity index (χ0v) is 22.4. The summed E-state index contributed by atoms with van der Waals surface area (Å²) in [6.07, 6.45) is 4.53. The van der Waals surface area contributed by atoms with E-state index in [2.05, 4.69) is 14.9 Å². The second-order valence-electron chi connectivity index (χ2n) is 10.6. The van der Waals surface area contributed by atoms with Crippen molar-refractivity contribution in [1.29, 1.82) is 0 Å². The maximum absolute atomic E-state index is 14.7. The number of hydrogen-bond donors (Lipinski definition) is 3. The molecule has 2 heterocycles. The molecular formula is C27H35FN4O5S.